The van der Waals surface area contributed by atoms with E-state index in [0.29, 0.717) is 17.7 Å². The predicted molar refractivity (Wildman–Crippen MR) is 76.8 cm³/mol. The van der Waals surface area contributed by atoms with Gasteiger partial charge in [-0.15, -0.1) is 5.10 Å². The molecule has 9 nitrogen and oxygen atoms in total. The Kier molecular flexibility index (Phi) is 5.51. The molecule has 1 heterocycles. The third-order valence-corrected chi connectivity index (χ3v) is 4.02. The third kappa shape index (κ3) is 4.97. The Morgan fingerprint density at radius 1 is 1.48 bits per heavy atom. The minimum atomic E-state index is -0.527. The van der Waals surface area contributed by atoms with Gasteiger partial charge in [0.05, 0.1) is 11.8 Å². The van der Waals surface area contributed by atoms with Crippen molar-refractivity contribution >= 4 is 23.7 Å². The van der Waals surface area contributed by atoms with Crippen LogP contribution >= 0.6 is 11.8 Å². The highest BCUT2D eigenvalue weighted by Crippen LogP contribution is 2.20. The smallest absolute Gasteiger partial charge is 0.321 e. The van der Waals surface area contributed by atoms with Gasteiger partial charge >= 0.3 is 6.03 Å². The lowest BCUT2D eigenvalue weighted by molar-refractivity contribution is -0.119. The van der Waals surface area contributed by atoms with Crippen LogP contribution in [0.5, 0.6) is 0 Å². The van der Waals surface area contributed by atoms with E-state index in [-0.39, 0.29) is 5.91 Å². The molecule has 1 aromatic rings. The van der Waals surface area contributed by atoms with Crippen molar-refractivity contribution in [3.8, 4) is 0 Å². The molecule has 10 heteroatoms. The molecule has 0 aliphatic heterocycles. The maximum absolute atomic E-state index is 11.8. The molecule has 2 rings (SSSR count). The molecule has 1 unspecified atom stereocenters. The zero-order valence-electron chi connectivity index (χ0n) is 12.0. The maximum atomic E-state index is 11.8. The number of nitrogens with one attached hydrogen (secondary N) is 3. The van der Waals surface area contributed by atoms with E-state index in [2.05, 4.69) is 31.5 Å². The number of carbonyl (C=O) groups excluding carboxylic acids is 2. The average molecular weight is 313 g/mol. The Labute approximate surface area is 126 Å². The standard InChI is InChI=1S/C11H19N7O2S/c1-7(9(19)14-10(20)12-2)21-11-15-16-17-18(11)6-5-13-8-3-4-8/h7-8,13H,3-6H2,1-2H3,(H2,12,14,19,20). The van der Waals surface area contributed by atoms with E-state index in [9.17, 15) is 9.59 Å². The Hall–Kier alpha value is -1.68. The van der Waals surface area contributed by atoms with Crippen molar-refractivity contribution in [2.24, 2.45) is 0 Å². The van der Waals surface area contributed by atoms with Crippen LogP contribution in [0.3, 0.4) is 0 Å². The van der Waals surface area contributed by atoms with E-state index >= 15 is 0 Å². The van der Waals surface area contributed by atoms with Crippen LogP contribution < -0.4 is 16.0 Å². The fraction of sp³-hybridized carbons (Fsp3) is 0.727. The van der Waals surface area contributed by atoms with Gasteiger partial charge in [-0.1, -0.05) is 11.8 Å². The SMILES string of the molecule is CNC(=O)NC(=O)C(C)Sc1nnnn1CCNC1CC1. The van der Waals surface area contributed by atoms with Crippen molar-refractivity contribution in [2.75, 3.05) is 13.6 Å². The predicted octanol–water partition coefficient (Wildman–Crippen LogP) is -0.639. The lowest BCUT2D eigenvalue weighted by atomic mass is 10.4. The first-order valence-electron chi connectivity index (χ1n) is 6.79. The van der Waals surface area contributed by atoms with Crippen molar-refractivity contribution in [3.63, 3.8) is 0 Å². The zero-order valence-corrected chi connectivity index (χ0v) is 12.8. The number of nitrogens with zero attached hydrogens (tertiary/aromatic N) is 4. The van der Waals surface area contributed by atoms with E-state index in [0.717, 1.165) is 6.54 Å². The number of thioether (sulfide) groups is 1. The monoisotopic (exact) mass is 313 g/mol. The van der Waals surface area contributed by atoms with Gasteiger partial charge in [0.15, 0.2) is 0 Å². The fourth-order valence-electron chi connectivity index (χ4n) is 1.57. The zero-order chi connectivity index (χ0) is 15.2. The Morgan fingerprint density at radius 2 is 2.24 bits per heavy atom. The Balaban J connectivity index is 1.82. The lowest BCUT2D eigenvalue weighted by Crippen LogP contribution is -2.41. The largest absolute Gasteiger partial charge is 0.341 e. The van der Waals surface area contributed by atoms with E-state index < -0.39 is 11.3 Å². The van der Waals surface area contributed by atoms with Crippen LogP contribution in [0.4, 0.5) is 4.79 Å². The van der Waals surface area contributed by atoms with Crippen LogP contribution in [0.1, 0.15) is 19.8 Å². The summed E-state index contributed by atoms with van der Waals surface area (Å²) in [5, 5.41) is 19.5. The number of amides is 3. The molecule has 1 fully saturated rings. The fourth-order valence-corrected chi connectivity index (χ4v) is 2.39. The number of carbonyl (C=O) groups is 2. The first-order valence-corrected chi connectivity index (χ1v) is 7.67. The van der Waals surface area contributed by atoms with Gasteiger partial charge in [0.25, 0.3) is 0 Å². The first kappa shape index (κ1) is 15.7. The molecular weight excluding hydrogens is 294 g/mol. The molecule has 21 heavy (non-hydrogen) atoms. The number of aromatic nitrogens is 4. The van der Waals surface area contributed by atoms with Crippen molar-refractivity contribution < 1.29 is 9.59 Å². The minimum absolute atomic E-state index is 0.384. The van der Waals surface area contributed by atoms with Gasteiger partial charge in [0.2, 0.25) is 11.1 Å². The molecule has 0 bridgehead atoms. The average Bonchev–Trinajstić information content (AvgIpc) is 3.19. The van der Waals surface area contributed by atoms with Crippen LogP contribution in [0, 0.1) is 0 Å². The van der Waals surface area contributed by atoms with E-state index in [1.165, 1.54) is 31.7 Å². The minimum Gasteiger partial charge on any atom is -0.341 e. The highest BCUT2D eigenvalue weighted by atomic mass is 32.2. The summed E-state index contributed by atoms with van der Waals surface area (Å²) in [4.78, 5) is 22.9. The highest BCUT2D eigenvalue weighted by Gasteiger charge is 2.21. The first-order chi connectivity index (χ1) is 10.1. The number of hydrogen-bond donors (Lipinski definition) is 3. The molecular formula is C11H19N7O2S. The maximum Gasteiger partial charge on any atom is 0.321 e. The Morgan fingerprint density at radius 3 is 2.90 bits per heavy atom. The molecule has 0 spiro atoms. The molecule has 0 saturated heterocycles. The van der Waals surface area contributed by atoms with Crippen LogP contribution in [0.25, 0.3) is 0 Å². The van der Waals surface area contributed by atoms with Crippen molar-refractivity contribution in [2.45, 2.75) is 42.8 Å². The quantitative estimate of drug-likeness (QED) is 0.574. The van der Waals surface area contributed by atoms with Crippen molar-refractivity contribution in [1.29, 1.82) is 0 Å². The number of imide groups is 1. The molecule has 0 radical (unpaired) electrons. The molecule has 3 N–H and O–H groups in total. The van der Waals surface area contributed by atoms with E-state index in [4.69, 9.17) is 0 Å². The molecule has 1 aliphatic rings. The second-order valence-corrected chi connectivity index (χ2v) is 6.05. The van der Waals surface area contributed by atoms with Gasteiger partial charge in [0, 0.05) is 19.6 Å². The number of hydrogen-bond acceptors (Lipinski definition) is 7. The van der Waals surface area contributed by atoms with Crippen molar-refractivity contribution in [3.05, 3.63) is 0 Å². The summed E-state index contributed by atoms with van der Waals surface area (Å²) >= 11 is 1.22. The molecule has 1 atom stereocenters. The molecule has 3 amide bonds. The highest BCUT2D eigenvalue weighted by molar-refractivity contribution is 8.00. The van der Waals surface area contributed by atoms with E-state index in [1.807, 2.05) is 0 Å². The topological polar surface area (TPSA) is 114 Å². The van der Waals surface area contributed by atoms with Crippen LogP contribution in [-0.4, -0.2) is 57.0 Å². The van der Waals surface area contributed by atoms with Crippen molar-refractivity contribution in [1.82, 2.24) is 36.2 Å². The summed E-state index contributed by atoms with van der Waals surface area (Å²) in [5.41, 5.74) is 0. The summed E-state index contributed by atoms with van der Waals surface area (Å²) in [7, 11) is 1.45. The van der Waals surface area contributed by atoms with Gasteiger partial charge in [-0.25, -0.2) is 9.48 Å². The lowest BCUT2D eigenvalue weighted by Gasteiger charge is -2.10. The third-order valence-electron chi connectivity index (χ3n) is 2.95. The van der Waals surface area contributed by atoms with E-state index in [1.54, 1.807) is 11.6 Å². The molecule has 0 aromatic carbocycles. The summed E-state index contributed by atoms with van der Waals surface area (Å²) in [6.07, 6.45) is 2.46. The summed E-state index contributed by atoms with van der Waals surface area (Å²) < 4.78 is 1.66. The van der Waals surface area contributed by atoms with Gasteiger partial charge in [-0.05, 0) is 30.2 Å². The second kappa shape index (κ2) is 7.36. The summed E-state index contributed by atoms with van der Waals surface area (Å²) in [6, 6.07) is 0.107. The molecule has 116 valence electrons. The van der Waals surface area contributed by atoms with Crippen LogP contribution in [0.2, 0.25) is 0 Å². The van der Waals surface area contributed by atoms with Gasteiger partial charge in [0.1, 0.15) is 0 Å². The second-order valence-electron chi connectivity index (χ2n) is 4.74. The number of urea groups is 1. The van der Waals surface area contributed by atoms with Gasteiger partial charge in [-0.2, -0.15) is 0 Å². The molecule has 1 saturated carbocycles. The van der Waals surface area contributed by atoms with Gasteiger partial charge < -0.3 is 10.6 Å². The number of tetrazole rings is 1. The van der Waals surface area contributed by atoms with Crippen LogP contribution in [0.15, 0.2) is 5.16 Å². The van der Waals surface area contributed by atoms with Gasteiger partial charge in [-0.3, -0.25) is 10.1 Å². The summed E-state index contributed by atoms with van der Waals surface area (Å²) in [6.45, 7) is 3.14. The van der Waals surface area contributed by atoms with Crippen LogP contribution in [-0.2, 0) is 11.3 Å². The normalized spacial score (nSPS) is 15.5. The number of rotatable bonds is 7. The molecule has 1 aromatic heterocycles. The summed E-state index contributed by atoms with van der Waals surface area (Å²) in [5.74, 6) is -0.384. The molecule has 1 aliphatic carbocycles. The Bertz CT molecular complexity index is 503.